The van der Waals surface area contributed by atoms with Crippen molar-refractivity contribution in [1.29, 1.82) is 0 Å². The Labute approximate surface area is 194 Å². The highest BCUT2D eigenvalue weighted by Gasteiger charge is 2.51. The lowest BCUT2D eigenvalue weighted by atomic mass is 9.49. The fourth-order valence-electron chi connectivity index (χ4n) is 7.42. The molecule has 174 valence electrons. The number of hydrogen-bond acceptors (Lipinski definition) is 3. The molecule has 6 nitrogen and oxygen atoms in total. The van der Waals surface area contributed by atoms with Crippen molar-refractivity contribution in [2.75, 3.05) is 5.32 Å². The smallest absolute Gasteiger partial charge is 0.259 e. The van der Waals surface area contributed by atoms with Gasteiger partial charge in [-0.3, -0.25) is 14.4 Å². The van der Waals surface area contributed by atoms with E-state index in [2.05, 4.69) is 10.6 Å². The molecule has 1 aromatic carbocycles. The Kier molecular flexibility index (Phi) is 4.89. The second-order valence-corrected chi connectivity index (χ2v) is 11.4. The molecule has 2 aromatic rings. The summed E-state index contributed by atoms with van der Waals surface area (Å²) >= 11 is 0. The van der Waals surface area contributed by atoms with Crippen LogP contribution in [0.4, 0.5) is 5.69 Å². The molecule has 2 amide bonds. The fraction of sp³-hybridized carbons (Fsp3) is 0.593. The van der Waals surface area contributed by atoms with Gasteiger partial charge in [0.25, 0.3) is 5.56 Å². The first-order valence-electron chi connectivity index (χ1n) is 12.6. The molecular weight excluding hydrogens is 414 g/mol. The van der Waals surface area contributed by atoms with E-state index in [1.807, 2.05) is 18.2 Å². The molecule has 5 aliphatic carbocycles. The minimum absolute atomic E-state index is 0.0609. The van der Waals surface area contributed by atoms with Crippen LogP contribution in [-0.4, -0.2) is 22.4 Å². The number of rotatable bonds is 6. The molecule has 0 spiro atoms. The van der Waals surface area contributed by atoms with Crippen LogP contribution in [0.25, 0.3) is 10.8 Å². The predicted molar refractivity (Wildman–Crippen MR) is 128 cm³/mol. The molecule has 4 bridgehead atoms. The van der Waals surface area contributed by atoms with Crippen LogP contribution in [0.15, 0.2) is 35.3 Å². The molecule has 2 N–H and O–H groups in total. The highest BCUT2D eigenvalue weighted by atomic mass is 16.2. The van der Waals surface area contributed by atoms with Crippen LogP contribution in [0.5, 0.6) is 0 Å². The first-order chi connectivity index (χ1) is 15.9. The molecule has 5 fully saturated rings. The van der Waals surface area contributed by atoms with Gasteiger partial charge in [-0.1, -0.05) is 6.07 Å². The highest BCUT2D eigenvalue weighted by molar-refractivity contribution is 6.02. The molecule has 7 rings (SSSR count). The SMILES string of the molecule is CC(C(=O)NC1CC1)n1ccc2c(NC(=O)CC34CC5CC(CC(C5)C3)C4)cccc2c1=O. The van der Waals surface area contributed by atoms with Gasteiger partial charge < -0.3 is 15.2 Å². The summed E-state index contributed by atoms with van der Waals surface area (Å²) in [6.45, 7) is 1.75. The summed E-state index contributed by atoms with van der Waals surface area (Å²) in [6.07, 6.45) is 12.0. The number of carbonyl (C=O) groups excluding carboxylic acids is 2. The summed E-state index contributed by atoms with van der Waals surface area (Å²) in [5.74, 6) is 2.39. The van der Waals surface area contributed by atoms with Crippen molar-refractivity contribution < 1.29 is 9.59 Å². The van der Waals surface area contributed by atoms with Crippen molar-refractivity contribution in [3.63, 3.8) is 0 Å². The molecule has 5 aliphatic rings. The standard InChI is InChI=1S/C27H33N3O3/c1-16(25(32)28-20-5-6-20)30-8-7-21-22(26(30)33)3-2-4-23(21)29-24(31)15-27-12-17-9-18(13-27)11-19(10-17)14-27/h2-4,7-8,16-20H,5-6,9-15H2,1H3,(H,28,32)(H,29,31). The maximum atomic E-state index is 13.2. The molecule has 1 aromatic heterocycles. The van der Waals surface area contributed by atoms with Gasteiger partial charge in [-0.05, 0) is 99.7 Å². The molecule has 0 aliphatic heterocycles. The minimum atomic E-state index is -0.572. The number of carbonyl (C=O) groups is 2. The van der Waals surface area contributed by atoms with Gasteiger partial charge in [-0.2, -0.15) is 0 Å². The molecule has 33 heavy (non-hydrogen) atoms. The summed E-state index contributed by atoms with van der Waals surface area (Å²) in [4.78, 5) is 38.8. The van der Waals surface area contributed by atoms with Crippen molar-refractivity contribution in [1.82, 2.24) is 9.88 Å². The molecule has 1 atom stereocenters. The maximum absolute atomic E-state index is 13.2. The number of nitrogens with zero attached hydrogens (tertiary/aromatic N) is 1. The number of hydrogen-bond donors (Lipinski definition) is 2. The minimum Gasteiger partial charge on any atom is -0.352 e. The summed E-state index contributed by atoms with van der Waals surface area (Å²) in [5.41, 5.74) is 0.658. The Morgan fingerprint density at radius 3 is 2.33 bits per heavy atom. The van der Waals surface area contributed by atoms with Gasteiger partial charge in [0.1, 0.15) is 6.04 Å². The Bertz CT molecular complexity index is 1140. The largest absolute Gasteiger partial charge is 0.352 e. The number of fused-ring (bicyclic) bond motifs is 1. The second-order valence-electron chi connectivity index (χ2n) is 11.4. The van der Waals surface area contributed by atoms with Gasteiger partial charge in [0, 0.05) is 35.1 Å². The van der Waals surface area contributed by atoms with Crippen molar-refractivity contribution in [3.8, 4) is 0 Å². The van der Waals surface area contributed by atoms with Crippen molar-refractivity contribution in [2.24, 2.45) is 23.2 Å². The topological polar surface area (TPSA) is 80.2 Å². The third-order valence-corrected chi connectivity index (χ3v) is 8.67. The van der Waals surface area contributed by atoms with Crippen LogP contribution in [0.2, 0.25) is 0 Å². The zero-order chi connectivity index (χ0) is 22.7. The number of aromatic nitrogens is 1. The van der Waals surface area contributed by atoms with Crippen LogP contribution >= 0.6 is 0 Å². The van der Waals surface area contributed by atoms with Crippen molar-refractivity contribution in [2.45, 2.75) is 76.8 Å². The van der Waals surface area contributed by atoms with Crippen LogP contribution < -0.4 is 16.2 Å². The van der Waals surface area contributed by atoms with E-state index in [1.54, 1.807) is 19.2 Å². The average molecular weight is 448 g/mol. The second kappa shape index (κ2) is 7.71. The normalized spacial score (nSPS) is 30.9. The molecule has 0 saturated heterocycles. The lowest BCUT2D eigenvalue weighted by Crippen LogP contribution is -2.47. The number of amides is 2. The van der Waals surface area contributed by atoms with Crippen LogP contribution in [0.3, 0.4) is 0 Å². The summed E-state index contributed by atoms with van der Waals surface area (Å²) in [7, 11) is 0. The zero-order valence-corrected chi connectivity index (χ0v) is 19.3. The molecule has 5 saturated carbocycles. The Balaban J connectivity index is 1.22. The first kappa shape index (κ1) is 20.9. The monoisotopic (exact) mass is 447 g/mol. The van der Waals surface area contributed by atoms with Crippen LogP contribution in [0.1, 0.15) is 70.8 Å². The van der Waals surface area contributed by atoms with E-state index in [-0.39, 0.29) is 28.8 Å². The summed E-state index contributed by atoms with van der Waals surface area (Å²) in [6, 6.07) is 6.98. The predicted octanol–water partition coefficient (Wildman–Crippen LogP) is 4.39. The van der Waals surface area contributed by atoms with Gasteiger partial charge >= 0.3 is 0 Å². The lowest BCUT2D eigenvalue weighted by molar-refractivity contribution is -0.125. The van der Waals surface area contributed by atoms with E-state index in [0.29, 0.717) is 17.5 Å². The van der Waals surface area contributed by atoms with Gasteiger partial charge in [-0.25, -0.2) is 0 Å². The molecule has 0 radical (unpaired) electrons. The van der Waals surface area contributed by atoms with Gasteiger partial charge in [0.05, 0.1) is 0 Å². The highest BCUT2D eigenvalue weighted by Crippen LogP contribution is 2.61. The van der Waals surface area contributed by atoms with Crippen molar-refractivity contribution in [3.05, 3.63) is 40.8 Å². The van der Waals surface area contributed by atoms with Crippen molar-refractivity contribution >= 4 is 28.3 Å². The quantitative estimate of drug-likeness (QED) is 0.689. The Hall–Kier alpha value is -2.63. The zero-order valence-electron chi connectivity index (χ0n) is 19.3. The summed E-state index contributed by atoms with van der Waals surface area (Å²) in [5, 5.41) is 7.35. The Morgan fingerprint density at radius 1 is 1.03 bits per heavy atom. The number of pyridine rings is 1. The van der Waals surface area contributed by atoms with Crippen LogP contribution in [0, 0.1) is 23.2 Å². The molecule has 1 heterocycles. The van der Waals surface area contributed by atoms with E-state index in [1.165, 1.54) is 43.1 Å². The van der Waals surface area contributed by atoms with Gasteiger partial charge in [-0.15, -0.1) is 0 Å². The molecular formula is C27H33N3O3. The third-order valence-electron chi connectivity index (χ3n) is 8.67. The lowest BCUT2D eigenvalue weighted by Gasteiger charge is -2.56. The summed E-state index contributed by atoms with van der Waals surface area (Å²) < 4.78 is 1.49. The van der Waals surface area contributed by atoms with E-state index in [4.69, 9.17) is 0 Å². The number of nitrogens with one attached hydrogen (secondary N) is 2. The first-order valence-corrected chi connectivity index (χ1v) is 12.6. The van der Waals surface area contributed by atoms with Gasteiger partial charge in [0.15, 0.2) is 0 Å². The third kappa shape index (κ3) is 3.87. The molecule has 6 heteroatoms. The van der Waals surface area contributed by atoms with E-state index < -0.39 is 6.04 Å². The number of benzene rings is 1. The van der Waals surface area contributed by atoms with Gasteiger partial charge in [0.2, 0.25) is 11.8 Å². The average Bonchev–Trinajstić information content (AvgIpc) is 3.56. The van der Waals surface area contributed by atoms with Crippen LogP contribution in [-0.2, 0) is 9.59 Å². The van der Waals surface area contributed by atoms with E-state index in [0.717, 1.165) is 36.0 Å². The molecule has 1 unspecified atom stereocenters. The van der Waals surface area contributed by atoms with E-state index in [9.17, 15) is 14.4 Å². The van der Waals surface area contributed by atoms with E-state index >= 15 is 0 Å². The fourth-order valence-corrected chi connectivity index (χ4v) is 7.42. The maximum Gasteiger partial charge on any atom is 0.259 e. The number of anilines is 1. The Morgan fingerprint density at radius 2 is 1.70 bits per heavy atom.